The maximum Gasteiger partial charge on any atom is 0.319 e. The van der Waals surface area contributed by atoms with Crippen molar-refractivity contribution in [2.45, 2.75) is 52.1 Å². The average Bonchev–Trinajstić information content (AvgIpc) is 3.41. The van der Waals surface area contributed by atoms with E-state index in [2.05, 4.69) is 26.3 Å². The van der Waals surface area contributed by atoms with Gasteiger partial charge in [0, 0.05) is 23.8 Å². The molecule has 0 atom stereocenters. The van der Waals surface area contributed by atoms with Crippen molar-refractivity contribution in [3.8, 4) is 0 Å². The number of fused-ring (bicyclic) bond motifs is 1. The van der Waals surface area contributed by atoms with Gasteiger partial charge in [-0.25, -0.2) is 9.48 Å². The lowest BCUT2D eigenvalue weighted by Gasteiger charge is -2.12. The maximum atomic E-state index is 12.5. The molecule has 0 aliphatic heterocycles. The molecule has 1 aromatic heterocycles. The molecule has 162 valence electrons. The first kappa shape index (κ1) is 20.8. The fourth-order valence-corrected chi connectivity index (χ4v) is 3.95. The number of amides is 3. The topological polar surface area (TPSA) is 101 Å². The minimum Gasteiger partial charge on any atom is -0.349 e. The fourth-order valence-electron chi connectivity index (χ4n) is 3.95. The van der Waals surface area contributed by atoms with E-state index >= 15 is 0 Å². The number of hydrogen-bond acceptors (Lipinski definition) is 4. The summed E-state index contributed by atoms with van der Waals surface area (Å²) < 4.78 is 1.73. The van der Waals surface area contributed by atoms with Crippen LogP contribution in [0.4, 0.5) is 10.5 Å². The summed E-state index contributed by atoms with van der Waals surface area (Å²) in [6.07, 6.45) is 4.45. The van der Waals surface area contributed by atoms with Crippen LogP contribution in [0.25, 0.3) is 11.0 Å². The number of aryl methyl sites for hydroxylation is 1. The summed E-state index contributed by atoms with van der Waals surface area (Å²) in [4.78, 5) is 24.7. The molecule has 1 saturated carbocycles. The molecule has 31 heavy (non-hydrogen) atoms. The molecule has 2 aromatic carbocycles. The molecular formula is C23H28N6O2. The van der Waals surface area contributed by atoms with Gasteiger partial charge in [0.15, 0.2) is 0 Å². The van der Waals surface area contributed by atoms with E-state index in [1.54, 1.807) is 16.8 Å². The van der Waals surface area contributed by atoms with Crippen molar-refractivity contribution in [2.24, 2.45) is 0 Å². The van der Waals surface area contributed by atoms with Crippen molar-refractivity contribution in [1.29, 1.82) is 0 Å². The second kappa shape index (κ2) is 9.16. The van der Waals surface area contributed by atoms with Gasteiger partial charge in [-0.3, -0.25) is 4.79 Å². The molecule has 3 N–H and O–H groups in total. The predicted molar refractivity (Wildman–Crippen MR) is 120 cm³/mol. The Balaban J connectivity index is 1.33. The van der Waals surface area contributed by atoms with Crippen molar-refractivity contribution < 1.29 is 9.59 Å². The van der Waals surface area contributed by atoms with E-state index < -0.39 is 0 Å². The van der Waals surface area contributed by atoms with E-state index in [0.717, 1.165) is 35.2 Å². The Labute approximate surface area is 181 Å². The normalized spacial score (nSPS) is 14.0. The first-order valence-corrected chi connectivity index (χ1v) is 10.8. The summed E-state index contributed by atoms with van der Waals surface area (Å²) in [5.41, 5.74) is 5.06. The summed E-state index contributed by atoms with van der Waals surface area (Å²) in [7, 11) is 0. The third-order valence-corrected chi connectivity index (χ3v) is 5.93. The number of hydrogen-bond donors (Lipinski definition) is 3. The van der Waals surface area contributed by atoms with Gasteiger partial charge >= 0.3 is 6.03 Å². The molecule has 3 aromatic rings. The highest BCUT2D eigenvalue weighted by Gasteiger charge is 2.18. The van der Waals surface area contributed by atoms with Crippen LogP contribution < -0.4 is 16.0 Å². The van der Waals surface area contributed by atoms with Crippen molar-refractivity contribution in [2.75, 3.05) is 11.9 Å². The molecule has 1 heterocycles. The van der Waals surface area contributed by atoms with Gasteiger partial charge in [-0.2, -0.15) is 0 Å². The monoisotopic (exact) mass is 420 g/mol. The van der Waals surface area contributed by atoms with Gasteiger partial charge in [-0.15, -0.1) is 5.10 Å². The third-order valence-electron chi connectivity index (χ3n) is 5.93. The molecule has 0 saturated heterocycles. The van der Waals surface area contributed by atoms with Crippen LogP contribution in [0.2, 0.25) is 0 Å². The van der Waals surface area contributed by atoms with Crippen molar-refractivity contribution >= 4 is 28.7 Å². The fraction of sp³-hybridized carbons (Fsp3) is 0.391. The Morgan fingerprint density at radius 1 is 1.13 bits per heavy atom. The highest BCUT2D eigenvalue weighted by atomic mass is 16.2. The van der Waals surface area contributed by atoms with Gasteiger partial charge in [0.1, 0.15) is 5.52 Å². The quantitative estimate of drug-likeness (QED) is 0.568. The number of carbonyl (C=O) groups is 2. The summed E-state index contributed by atoms with van der Waals surface area (Å²) in [6, 6.07) is 11.3. The van der Waals surface area contributed by atoms with E-state index in [1.807, 2.05) is 38.1 Å². The van der Waals surface area contributed by atoms with Crippen LogP contribution in [0.15, 0.2) is 36.4 Å². The van der Waals surface area contributed by atoms with E-state index in [-0.39, 0.29) is 18.0 Å². The molecule has 3 amide bonds. The minimum absolute atomic E-state index is 0.0619. The Hall–Kier alpha value is -3.42. The van der Waals surface area contributed by atoms with Crippen molar-refractivity contribution in [1.82, 2.24) is 25.6 Å². The molecule has 1 aliphatic carbocycles. The standard InChI is InChI=1S/C23H28N6O2/c1-15-6-5-9-19(16(15)2)26-23(31)24-12-13-29-21-11-10-17(14-20(21)27-28-29)22(30)25-18-7-3-4-8-18/h5-6,9-11,14,18H,3-4,7-8,12-13H2,1-2H3,(H,25,30)(H2,24,26,31). The number of nitrogens with zero attached hydrogens (tertiary/aromatic N) is 3. The van der Waals surface area contributed by atoms with E-state index in [4.69, 9.17) is 0 Å². The number of carbonyl (C=O) groups excluding carboxylic acids is 2. The molecule has 1 aliphatic rings. The maximum absolute atomic E-state index is 12.5. The second-order valence-electron chi connectivity index (χ2n) is 8.10. The Morgan fingerprint density at radius 3 is 2.74 bits per heavy atom. The summed E-state index contributed by atoms with van der Waals surface area (Å²) >= 11 is 0. The molecule has 8 heteroatoms. The summed E-state index contributed by atoms with van der Waals surface area (Å²) in [5.74, 6) is -0.0619. The van der Waals surface area contributed by atoms with Gasteiger partial charge < -0.3 is 16.0 Å². The van der Waals surface area contributed by atoms with Gasteiger partial charge in [0.2, 0.25) is 0 Å². The first-order chi connectivity index (χ1) is 15.0. The Kier molecular flexibility index (Phi) is 6.16. The van der Waals surface area contributed by atoms with Crippen molar-refractivity contribution in [3.63, 3.8) is 0 Å². The number of rotatable bonds is 6. The zero-order valence-electron chi connectivity index (χ0n) is 17.9. The Morgan fingerprint density at radius 2 is 1.94 bits per heavy atom. The first-order valence-electron chi connectivity index (χ1n) is 10.8. The lowest BCUT2D eigenvalue weighted by molar-refractivity contribution is 0.0938. The molecule has 1 fully saturated rings. The van der Waals surface area contributed by atoms with E-state index in [0.29, 0.717) is 24.2 Å². The molecule has 0 unspecified atom stereocenters. The molecule has 8 nitrogen and oxygen atoms in total. The molecular weight excluding hydrogens is 392 g/mol. The third kappa shape index (κ3) is 4.84. The van der Waals surface area contributed by atoms with Gasteiger partial charge in [-0.05, 0) is 62.1 Å². The summed E-state index contributed by atoms with van der Waals surface area (Å²) in [6.45, 7) is 4.87. The molecule has 0 radical (unpaired) electrons. The Bertz CT molecular complexity index is 1100. The van der Waals surface area contributed by atoms with Crippen LogP contribution in [0.3, 0.4) is 0 Å². The lowest BCUT2D eigenvalue weighted by Crippen LogP contribution is -2.32. The molecule has 0 spiro atoms. The number of nitrogens with one attached hydrogen (secondary N) is 3. The second-order valence-corrected chi connectivity index (χ2v) is 8.10. The van der Waals surface area contributed by atoms with Gasteiger partial charge in [-0.1, -0.05) is 30.2 Å². The number of benzene rings is 2. The van der Waals surface area contributed by atoms with E-state index in [9.17, 15) is 9.59 Å². The van der Waals surface area contributed by atoms with Gasteiger partial charge in [0.25, 0.3) is 5.91 Å². The van der Waals surface area contributed by atoms with Crippen LogP contribution in [0, 0.1) is 13.8 Å². The number of urea groups is 1. The zero-order valence-corrected chi connectivity index (χ0v) is 17.9. The molecule has 0 bridgehead atoms. The van der Waals surface area contributed by atoms with Crippen LogP contribution >= 0.6 is 0 Å². The van der Waals surface area contributed by atoms with Crippen LogP contribution in [-0.2, 0) is 6.54 Å². The lowest BCUT2D eigenvalue weighted by atomic mass is 10.1. The smallest absolute Gasteiger partial charge is 0.319 e. The molecule has 4 rings (SSSR count). The SMILES string of the molecule is Cc1cccc(NC(=O)NCCn2nnc3cc(C(=O)NC4CCCC4)ccc32)c1C. The van der Waals surface area contributed by atoms with Gasteiger partial charge in [0.05, 0.1) is 12.1 Å². The zero-order chi connectivity index (χ0) is 21.8. The van der Waals surface area contributed by atoms with E-state index in [1.165, 1.54) is 12.8 Å². The number of anilines is 1. The van der Waals surface area contributed by atoms with Crippen molar-refractivity contribution in [3.05, 3.63) is 53.1 Å². The highest BCUT2D eigenvalue weighted by molar-refractivity contribution is 5.97. The van der Waals surface area contributed by atoms with Crippen LogP contribution in [0.5, 0.6) is 0 Å². The van der Waals surface area contributed by atoms with Crippen LogP contribution in [-0.4, -0.2) is 39.5 Å². The largest absolute Gasteiger partial charge is 0.349 e. The number of aromatic nitrogens is 3. The average molecular weight is 421 g/mol. The van der Waals surface area contributed by atoms with Crippen LogP contribution in [0.1, 0.15) is 47.2 Å². The summed E-state index contributed by atoms with van der Waals surface area (Å²) in [5, 5.41) is 17.2. The highest BCUT2D eigenvalue weighted by Crippen LogP contribution is 2.19. The minimum atomic E-state index is -0.260. The predicted octanol–water partition coefficient (Wildman–Crippen LogP) is 3.54.